The number of likely N-dealkylation sites (tertiary alicyclic amines) is 1. The fourth-order valence-electron chi connectivity index (χ4n) is 3.54. The van der Waals surface area contributed by atoms with Crippen molar-refractivity contribution >= 4 is 17.5 Å². The van der Waals surface area contributed by atoms with Gasteiger partial charge in [-0.2, -0.15) is 0 Å². The highest BCUT2D eigenvalue weighted by Crippen LogP contribution is 2.15. The summed E-state index contributed by atoms with van der Waals surface area (Å²) in [5, 5.41) is 5.26. The fraction of sp³-hybridized carbons (Fsp3) is 0.391. The van der Waals surface area contributed by atoms with Crippen molar-refractivity contribution in [3.63, 3.8) is 0 Å². The van der Waals surface area contributed by atoms with Crippen LogP contribution >= 0.6 is 0 Å². The molecule has 2 aromatic rings. The number of piperidine rings is 1. The van der Waals surface area contributed by atoms with Gasteiger partial charge in [0, 0.05) is 17.8 Å². The van der Waals surface area contributed by atoms with Crippen LogP contribution < -0.4 is 20.3 Å². The minimum atomic E-state index is -0.681. The molecule has 3 N–H and O–H groups in total. The van der Waals surface area contributed by atoms with Crippen molar-refractivity contribution in [2.24, 2.45) is 0 Å². The van der Waals surface area contributed by atoms with Gasteiger partial charge in [-0.3, -0.25) is 9.59 Å². The summed E-state index contributed by atoms with van der Waals surface area (Å²) in [6.45, 7) is 6.36. The number of benzene rings is 2. The van der Waals surface area contributed by atoms with Crippen LogP contribution in [0.15, 0.2) is 48.5 Å². The summed E-state index contributed by atoms with van der Waals surface area (Å²) in [6.07, 6.45) is 3.99. The Labute approximate surface area is 172 Å². The van der Waals surface area contributed by atoms with Gasteiger partial charge in [0.05, 0.1) is 19.7 Å². The summed E-state index contributed by atoms with van der Waals surface area (Å²) in [4.78, 5) is 25.8. The third-order valence-corrected chi connectivity index (χ3v) is 5.12. The molecular formula is C23H30N3O3+. The summed E-state index contributed by atoms with van der Waals surface area (Å²) >= 11 is 0. The van der Waals surface area contributed by atoms with Crippen LogP contribution in [0.1, 0.15) is 37.3 Å². The van der Waals surface area contributed by atoms with Gasteiger partial charge in [-0.25, -0.2) is 0 Å². The van der Waals surface area contributed by atoms with Crippen LogP contribution in [0.25, 0.3) is 0 Å². The van der Waals surface area contributed by atoms with E-state index in [9.17, 15) is 9.59 Å². The molecule has 29 heavy (non-hydrogen) atoms. The number of carbonyl (C=O) groups is 2. The largest absolute Gasteiger partial charge is 0.494 e. The quantitative estimate of drug-likeness (QED) is 0.626. The molecule has 0 saturated carbocycles. The molecule has 0 spiro atoms. The topological polar surface area (TPSA) is 71.9 Å². The average molecular weight is 397 g/mol. The number of anilines is 1. The summed E-state index contributed by atoms with van der Waals surface area (Å²) < 4.78 is 5.36. The number of quaternary nitrogens is 1. The zero-order chi connectivity index (χ0) is 20.5. The van der Waals surface area contributed by atoms with Crippen molar-refractivity contribution in [3.05, 3.63) is 59.7 Å². The lowest BCUT2D eigenvalue weighted by Gasteiger charge is -2.23. The van der Waals surface area contributed by atoms with Crippen LogP contribution in [0.3, 0.4) is 0 Å². The minimum Gasteiger partial charge on any atom is -0.494 e. The molecule has 0 bridgehead atoms. The van der Waals surface area contributed by atoms with E-state index in [0.717, 1.165) is 17.9 Å². The van der Waals surface area contributed by atoms with Gasteiger partial charge >= 0.3 is 11.8 Å². The number of hydrogen-bond donors (Lipinski definition) is 3. The summed E-state index contributed by atoms with van der Waals surface area (Å²) in [5.74, 6) is -0.611. The molecule has 2 aromatic carbocycles. The lowest BCUT2D eigenvalue weighted by Crippen LogP contribution is -3.11. The van der Waals surface area contributed by atoms with Gasteiger partial charge in [0.1, 0.15) is 12.3 Å². The minimum absolute atomic E-state index is 0.326. The Bertz CT molecular complexity index is 797. The second-order valence-corrected chi connectivity index (χ2v) is 7.40. The maximum absolute atomic E-state index is 12.1. The Balaban J connectivity index is 1.43. The van der Waals surface area contributed by atoms with Gasteiger partial charge in [-0.05, 0) is 56.0 Å². The molecule has 3 rings (SSSR count). The second-order valence-electron chi connectivity index (χ2n) is 7.40. The smallest absolute Gasteiger partial charge is 0.313 e. The zero-order valence-electron chi connectivity index (χ0n) is 17.0. The number of amides is 2. The molecule has 0 atom stereocenters. The van der Waals surface area contributed by atoms with E-state index in [1.807, 2.05) is 19.1 Å². The molecule has 6 nitrogen and oxygen atoms in total. The summed E-state index contributed by atoms with van der Waals surface area (Å²) in [6, 6.07) is 15.2. The van der Waals surface area contributed by atoms with Gasteiger partial charge in [0.25, 0.3) is 0 Å². The van der Waals surface area contributed by atoms with Crippen molar-refractivity contribution in [3.8, 4) is 5.75 Å². The molecule has 1 heterocycles. The number of carbonyl (C=O) groups excluding carboxylic acids is 2. The zero-order valence-corrected chi connectivity index (χ0v) is 17.0. The van der Waals surface area contributed by atoms with Crippen LogP contribution in [0, 0.1) is 0 Å². The van der Waals surface area contributed by atoms with Gasteiger partial charge in [0.2, 0.25) is 0 Å². The van der Waals surface area contributed by atoms with Crippen molar-refractivity contribution in [2.45, 2.75) is 39.3 Å². The molecule has 0 radical (unpaired) electrons. The van der Waals surface area contributed by atoms with Gasteiger partial charge < -0.3 is 20.3 Å². The molecule has 0 unspecified atom stereocenters. The van der Waals surface area contributed by atoms with Gasteiger partial charge in [-0.1, -0.05) is 24.3 Å². The van der Waals surface area contributed by atoms with Crippen LogP contribution in [-0.4, -0.2) is 31.5 Å². The third-order valence-electron chi connectivity index (χ3n) is 5.12. The van der Waals surface area contributed by atoms with Crippen LogP contribution in [0.2, 0.25) is 0 Å². The van der Waals surface area contributed by atoms with Crippen LogP contribution in [-0.2, 0) is 22.7 Å². The predicted molar refractivity (Wildman–Crippen MR) is 113 cm³/mol. The lowest BCUT2D eigenvalue weighted by molar-refractivity contribution is -0.918. The Morgan fingerprint density at radius 3 is 2.21 bits per heavy atom. The SMILES string of the molecule is CCOc1ccc(NC(=O)C(=O)NCc2ccc(C[NH+]3CCCCC3)cc2)cc1. The maximum atomic E-state index is 12.1. The molecule has 2 amide bonds. The molecule has 0 aromatic heterocycles. The first-order valence-corrected chi connectivity index (χ1v) is 10.4. The first kappa shape index (κ1) is 20.9. The first-order chi connectivity index (χ1) is 14.1. The Morgan fingerprint density at radius 1 is 0.897 bits per heavy atom. The van der Waals surface area contributed by atoms with Gasteiger partial charge in [0.15, 0.2) is 0 Å². The van der Waals surface area contributed by atoms with Crippen molar-refractivity contribution < 1.29 is 19.2 Å². The van der Waals surface area contributed by atoms with Crippen LogP contribution in [0.5, 0.6) is 5.75 Å². The molecule has 1 saturated heterocycles. The third kappa shape index (κ3) is 6.61. The summed E-state index contributed by atoms with van der Waals surface area (Å²) in [7, 11) is 0. The molecule has 154 valence electrons. The van der Waals surface area contributed by atoms with E-state index < -0.39 is 11.8 Å². The maximum Gasteiger partial charge on any atom is 0.313 e. The number of hydrogen-bond acceptors (Lipinski definition) is 3. The average Bonchev–Trinajstić information content (AvgIpc) is 2.75. The molecule has 6 heteroatoms. The first-order valence-electron chi connectivity index (χ1n) is 10.4. The molecule has 1 aliphatic rings. The highest BCUT2D eigenvalue weighted by molar-refractivity contribution is 6.39. The van der Waals surface area contributed by atoms with Crippen molar-refractivity contribution in [1.29, 1.82) is 0 Å². The predicted octanol–water partition coefficient (Wildman–Crippen LogP) is 1.91. The van der Waals surface area contributed by atoms with E-state index in [2.05, 4.69) is 22.8 Å². The lowest BCUT2D eigenvalue weighted by atomic mass is 10.1. The Kier molecular flexibility index (Phi) is 7.64. The number of nitrogens with one attached hydrogen (secondary N) is 3. The van der Waals surface area contributed by atoms with E-state index in [0.29, 0.717) is 18.8 Å². The fourth-order valence-corrected chi connectivity index (χ4v) is 3.54. The van der Waals surface area contributed by atoms with E-state index in [1.165, 1.54) is 37.9 Å². The highest BCUT2D eigenvalue weighted by atomic mass is 16.5. The number of ether oxygens (including phenoxy) is 1. The highest BCUT2D eigenvalue weighted by Gasteiger charge is 2.15. The van der Waals surface area contributed by atoms with E-state index in [4.69, 9.17) is 4.74 Å². The standard InChI is InChI=1S/C23H29N3O3/c1-2-29-21-12-10-20(11-13-21)25-23(28)22(27)24-16-18-6-8-19(9-7-18)17-26-14-4-3-5-15-26/h6-13H,2-5,14-17H2,1H3,(H,24,27)(H,25,28)/p+1. The normalized spacial score (nSPS) is 14.2. The van der Waals surface area contributed by atoms with Crippen LogP contribution in [0.4, 0.5) is 5.69 Å². The van der Waals surface area contributed by atoms with E-state index in [1.54, 1.807) is 29.2 Å². The number of rotatable bonds is 7. The van der Waals surface area contributed by atoms with Gasteiger partial charge in [-0.15, -0.1) is 0 Å². The Hall–Kier alpha value is -2.86. The molecule has 0 aliphatic carbocycles. The molecule has 1 fully saturated rings. The molecule has 1 aliphatic heterocycles. The monoisotopic (exact) mass is 396 g/mol. The molecular weight excluding hydrogens is 366 g/mol. The summed E-state index contributed by atoms with van der Waals surface area (Å²) in [5.41, 5.74) is 2.84. The van der Waals surface area contributed by atoms with Crippen molar-refractivity contribution in [2.75, 3.05) is 25.0 Å². The van der Waals surface area contributed by atoms with E-state index >= 15 is 0 Å². The van der Waals surface area contributed by atoms with E-state index in [-0.39, 0.29) is 0 Å². The van der Waals surface area contributed by atoms with Crippen molar-refractivity contribution in [1.82, 2.24) is 5.32 Å². The Morgan fingerprint density at radius 2 is 1.55 bits per heavy atom. The second kappa shape index (κ2) is 10.6.